The Balaban J connectivity index is 0.000000136. The zero-order valence-electron chi connectivity index (χ0n) is 61.2. The second-order valence-corrected chi connectivity index (χ2v) is 31.0. The molecule has 0 aliphatic carbocycles. The van der Waals surface area contributed by atoms with Crippen molar-refractivity contribution in [1.82, 2.24) is 50.1 Å². The van der Waals surface area contributed by atoms with Crippen molar-refractivity contribution in [3.63, 3.8) is 0 Å². The monoisotopic (exact) mass is 1390 g/mol. The van der Waals surface area contributed by atoms with Crippen molar-refractivity contribution in [2.24, 2.45) is 5.92 Å². The molecule has 9 aromatic rings. The summed E-state index contributed by atoms with van der Waals surface area (Å²) >= 11 is 6.17. The van der Waals surface area contributed by atoms with Gasteiger partial charge in [0.25, 0.3) is 0 Å². The lowest BCUT2D eigenvalue weighted by molar-refractivity contribution is -0.133. The number of likely N-dealkylation sites (tertiary alicyclic amines) is 1. The summed E-state index contributed by atoms with van der Waals surface area (Å²) in [5, 5.41) is 11.9. The third-order valence-electron chi connectivity index (χ3n) is 23.0. The Labute approximate surface area is 606 Å². The Morgan fingerprint density at radius 3 is 1.43 bits per heavy atom. The Bertz CT molecular complexity index is 4040. The number of carbonyl (C=O) groups is 1. The largest absolute Gasteiger partial charge is 0.371 e. The zero-order chi connectivity index (χ0) is 69.8. The van der Waals surface area contributed by atoms with Crippen LogP contribution in [0.25, 0.3) is 66.5 Å². The molecule has 14 nitrogen and oxygen atoms in total. The van der Waals surface area contributed by atoms with Crippen LogP contribution < -0.4 is 25.3 Å². The number of nitrogens with zero attached hydrogens (tertiary/aromatic N) is 8. The highest BCUT2D eigenvalue weighted by Crippen LogP contribution is 2.35. The molecule has 0 spiro atoms. The maximum Gasteiger partial charge on any atom is 0.222 e. The van der Waals surface area contributed by atoms with E-state index in [4.69, 9.17) is 11.6 Å². The number of anilines is 3. The van der Waals surface area contributed by atoms with Crippen LogP contribution >= 0.6 is 11.6 Å². The van der Waals surface area contributed by atoms with E-state index in [1.807, 2.05) is 24.3 Å². The van der Waals surface area contributed by atoms with Crippen LogP contribution in [0.3, 0.4) is 0 Å². The highest BCUT2D eigenvalue weighted by molar-refractivity contribution is 6.31. The molecule has 9 heterocycles. The summed E-state index contributed by atoms with van der Waals surface area (Å²) < 4.78 is 13.6. The molecule has 101 heavy (non-hydrogen) atoms. The summed E-state index contributed by atoms with van der Waals surface area (Å²) in [4.78, 5) is 43.1. The minimum absolute atomic E-state index is 0.210. The molecule has 538 valence electrons. The van der Waals surface area contributed by atoms with Gasteiger partial charge in [0.05, 0.1) is 0 Å². The number of piperidine rings is 4. The van der Waals surface area contributed by atoms with Crippen molar-refractivity contribution in [2.45, 2.75) is 148 Å². The zero-order valence-corrected chi connectivity index (χ0v) is 62.0. The smallest absolute Gasteiger partial charge is 0.222 e. The first-order valence-corrected chi connectivity index (χ1v) is 39.0. The van der Waals surface area contributed by atoms with Crippen molar-refractivity contribution in [3.05, 3.63) is 162 Å². The van der Waals surface area contributed by atoms with Gasteiger partial charge in [-0.1, -0.05) is 66.2 Å². The number of halogens is 2. The molecule has 6 aliphatic rings. The fourth-order valence-corrected chi connectivity index (χ4v) is 16.7. The summed E-state index contributed by atoms with van der Waals surface area (Å²) in [6.45, 7) is 33.6. The van der Waals surface area contributed by atoms with Gasteiger partial charge >= 0.3 is 0 Å². The van der Waals surface area contributed by atoms with Crippen LogP contribution in [0.15, 0.2) is 152 Å². The van der Waals surface area contributed by atoms with Crippen LogP contribution in [0, 0.1) is 11.7 Å². The molecule has 6 aromatic carbocycles. The van der Waals surface area contributed by atoms with E-state index in [9.17, 15) is 9.18 Å². The summed E-state index contributed by atoms with van der Waals surface area (Å²) in [6.07, 6.45) is 12.7. The van der Waals surface area contributed by atoms with Gasteiger partial charge in [-0.25, -0.2) is 4.39 Å². The molecule has 6 aliphatic heterocycles. The van der Waals surface area contributed by atoms with Gasteiger partial charge < -0.3 is 50.1 Å². The molecule has 1 amide bonds. The van der Waals surface area contributed by atoms with E-state index >= 15 is 0 Å². The van der Waals surface area contributed by atoms with Crippen molar-refractivity contribution >= 4 is 67.3 Å². The first kappa shape index (κ1) is 72.2. The molecule has 16 heteroatoms. The number of carbonyl (C=O) groups excluding carboxylic acids is 1. The van der Waals surface area contributed by atoms with E-state index in [2.05, 4.69) is 216 Å². The second kappa shape index (κ2) is 34.4. The summed E-state index contributed by atoms with van der Waals surface area (Å²) in [5.74, 6) is 0.838. The van der Waals surface area contributed by atoms with Gasteiger partial charge in [0.15, 0.2) is 0 Å². The standard InChI is InChI=1S/C30H39FN4O.C28H38ClN5.C27H36N4/c1-22(2)33-15-17-35(18-16-33)30(36)8-3-5-23-11-13-34(14-12-23)27-7-4-6-24(20-27)29-21-25-19-26(31)9-10-28(25)32-29;1-21(2)33-16-14-32(15-17-33)13-10-30-25-8-11-34(12-9-25)26-5-3-4-22(19-26)28-20-23-18-24(29)6-7-27(23)31-28;1-20(2)30-14-10-23(11-15-30)28-24-12-16-31(17-13-24)25-8-5-7-21(18-25)27-19-22-6-3-4-9-26(22)29-27/h4,6-7,9-10,19-23,32H,3,5,8,11-18H2,1-2H3;3-7,18-21,25,30-31H,8-17H2,1-2H3;3-9,18-20,23-24,28-29H,10-17H2,1-2H3. The third-order valence-corrected chi connectivity index (χ3v) is 23.2. The number of rotatable bonds is 19. The number of para-hydroxylation sites is 1. The topological polar surface area (TPSA) is 114 Å². The molecule has 0 radical (unpaired) electrons. The van der Waals surface area contributed by atoms with Crippen LogP contribution in [-0.4, -0.2) is 199 Å². The molecule has 6 saturated heterocycles. The molecule has 3 aromatic heterocycles. The number of hydrogen-bond acceptors (Lipinski definition) is 10. The lowest BCUT2D eigenvalue weighted by Crippen LogP contribution is -2.51. The molecule has 5 N–H and O–H groups in total. The van der Waals surface area contributed by atoms with Gasteiger partial charge in [-0.15, -0.1) is 0 Å². The van der Waals surface area contributed by atoms with Crippen LogP contribution in [0.5, 0.6) is 0 Å². The van der Waals surface area contributed by atoms with Crippen LogP contribution in [-0.2, 0) is 4.79 Å². The third kappa shape index (κ3) is 19.2. The van der Waals surface area contributed by atoms with Crippen molar-refractivity contribution in [1.29, 1.82) is 0 Å². The van der Waals surface area contributed by atoms with Gasteiger partial charge in [-0.3, -0.25) is 19.5 Å². The Hall–Kier alpha value is -7.21. The lowest BCUT2D eigenvalue weighted by atomic mass is 9.91. The summed E-state index contributed by atoms with van der Waals surface area (Å²) in [6, 6.07) is 56.4. The van der Waals surface area contributed by atoms with Gasteiger partial charge in [-0.05, 0) is 239 Å². The number of fused-ring (bicyclic) bond motifs is 3. The lowest BCUT2D eigenvalue weighted by Gasteiger charge is -2.39. The van der Waals surface area contributed by atoms with Crippen molar-refractivity contribution < 1.29 is 9.18 Å². The number of benzene rings is 6. The molecule has 0 saturated carbocycles. The van der Waals surface area contributed by atoms with Gasteiger partial charge in [-0.2, -0.15) is 0 Å². The molecular weight excluding hydrogens is 1270 g/mol. The molecule has 0 unspecified atom stereocenters. The highest BCUT2D eigenvalue weighted by atomic mass is 35.5. The minimum Gasteiger partial charge on any atom is -0.371 e. The van der Waals surface area contributed by atoms with Crippen LogP contribution in [0.1, 0.15) is 112 Å². The Kier molecular flexibility index (Phi) is 24.6. The number of H-pyrrole nitrogens is 3. The van der Waals surface area contributed by atoms with Gasteiger partial charge in [0.2, 0.25) is 5.91 Å². The fourth-order valence-electron chi connectivity index (χ4n) is 16.5. The molecule has 15 rings (SSSR count). The van der Waals surface area contributed by atoms with E-state index in [0.29, 0.717) is 54.5 Å². The van der Waals surface area contributed by atoms with Gasteiger partial charge in [0, 0.05) is 219 Å². The Morgan fingerprint density at radius 2 is 0.901 bits per heavy atom. The van der Waals surface area contributed by atoms with Crippen LogP contribution in [0.2, 0.25) is 5.02 Å². The minimum atomic E-state index is -0.210. The normalized spacial score (nSPS) is 18.7. The average molecular weight is 1390 g/mol. The summed E-state index contributed by atoms with van der Waals surface area (Å²) in [7, 11) is 0. The molecule has 0 atom stereocenters. The van der Waals surface area contributed by atoms with E-state index in [1.54, 1.807) is 12.1 Å². The second-order valence-electron chi connectivity index (χ2n) is 30.6. The SMILES string of the molecule is CC(C)N1CCC(NC2CCN(c3cccc(-c4cc5ccccc5[nH]4)c3)CC2)CC1.CC(C)N1CCN(C(=O)CCCC2CCN(c3cccc(-c4cc5cc(F)ccc5[nH]4)c3)CC2)CC1.CC(C)N1CCN(CCNC2CCN(c3cccc(-c4cc5cc(Cl)ccc5[nH]4)c3)CC2)CC1. The number of aromatic amines is 3. The number of nitrogens with one attached hydrogen (secondary N) is 5. The first-order chi connectivity index (χ1) is 49.2. The average Bonchev–Trinajstić information content (AvgIpc) is 1.68. The van der Waals surface area contributed by atoms with Crippen LogP contribution in [0.4, 0.5) is 21.5 Å². The number of amides is 1. The van der Waals surface area contributed by atoms with Crippen molar-refractivity contribution in [2.75, 3.05) is 133 Å². The van der Waals surface area contributed by atoms with E-state index < -0.39 is 0 Å². The maximum atomic E-state index is 13.6. The van der Waals surface area contributed by atoms with Crippen molar-refractivity contribution in [3.8, 4) is 33.8 Å². The maximum absolute atomic E-state index is 13.6. The predicted molar refractivity (Wildman–Crippen MR) is 423 cm³/mol. The summed E-state index contributed by atoms with van der Waals surface area (Å²) in [5.41, 5.74) is 14.2. The molecular formula is C85H113ClFN13O. The van der Waals surface area contributed by atoms with E-state index in [1.165, 1.54) is 148 Å². The number of piperazine rings is 2. The molecule has 6 fully saturated rings. The number of aromatic nitrogens is 3. The quantitative estimate of drug-likeness (QED) is 0.0536. The van der Waals surface area contributed by atoms with E-state index in [-0.39, 0.29) is 5.82 Å². The Morgan fingerprint density at radius 1 is 0.455 bits per heavy atom. The fraction of sp³-hybridized carbons (Fsp3) is 0.494. The first-order valence-electron chi connectivity index (χ1n) is 38.6. The van der Waals surface area contributed by atoms with Gasteiger partial charge in [0.1, 0.15) is 5.82 Å². The predicted octanol–water partition coefficient (Wildman–Crippen LogP) is 16.3. The molecule has 0 bridgehead atoms. The number of hydrogen-bond donors (Lipinski definition) is 5. The highest BCUT2D eigenvalue weighted by Gasteiger charge is 2.29. The van der Waals surface area contributed by atoms with E-state index in [0.717, 1.165) is 129 Å².